The van der Waals surface area contributed by atoms with Crippen molar-refractivity contribution in [3.63, 3.8) is 0 Å². The first-order valence-electron chi connectivity index (χ1n) is 7.03. The number of nitrogens with zero attached hydrogens (tertiary/aromatic N) is 1. The Morgan fingerprint density at radius 3 is 2.64 bits per heavy atom. The third-order valence-corrected chi connectivity index (χ3v) is 3.30. The standard InChI is InChI=1S/C15H17FN2O4/c16-12-5-3-4-11(8-12)15(21)17-9-14(20)22-10-13(19)18-6-1-2-7-18/h3-5,8H,1-2,6-7,9-10H2,(H,17,21). The van der Waals surface area contributed by atoms with Gasteiger partial charge < -0.3 is 15.0 Å². The van der Waals surface area contributed by atoms with Crippen molar-refractivity contribution in [3.05, 3.63) is 35.6 Å². The van der Waals surface area contributed by atoms with Crippen LogP contribution in [0.25, 0.3) is 0 Å². The Balaban J connectivity index is 1.71. The molecule has 0 unspecified atom stereocenters. The molecule has 1 aliphatic rings. The summed E-state index contributed by atoms with van der Waals surface area (Å²) < 4.78 is 17.8. The Morgan fingerprint density at radius 2 is 1.95 bits per heavy atom. The highest BCUT2D eigenvalue weighted by Crippen LogP contribution is 2.07. The molecule has 6 nitrogen and oxygen atoms in total. The van der Waals surface area contributed by atoms with Crippen LogP contribution in [0.5, 0.6) is 0 Å². The number of ether oxygens (including phenoxy) is 1. The molecule has 1 aromatic rings. The zero-order valence-corrected chi connectivity index (χ0v) is 12.0. The van der Waals surface area contributed by atoms with E-state index in [-0.39, 0.29) is 24.6 Å². The van der Waals surface area contributed by atoms with Gasteiger partial charge in [0.05, 0.1) is 0 Å². The third-order valence-electron chi connectivity index (χ3n) is 3.30. The lowest BCUT2D eigenvalue weighted by Crippen LogP contribution is -2.35. The number of benzene rings is 1. The Hall–Kier alpha value is -2.44. The van der Waals surface area contributed by atoms with Crippen molar-refractivity contribution >= 4 is 17.8 Å². The number of amides is 2. The SMILES string of the molecule is O=C(CNC(=O)c1cccc(F)c1)OCC(=O)N1CCCC1. The monoisotopic (exact) mass is 308 g/mol. The van der Waals surface area contributed by atoms with Gasteiger partial charge >= 0.3 is 5.97 Å². The van der Waals surface area contributed by atoms with E-state index in [2.05, 4.69) is 5.32 Å². The second-order valence-electron chi connectivity index (χ2n) is 4.94. The first kappa shape index (κ1) is 15.9. The number of likely N-dealkylation sites (tertiary alicyclic amines) is 1. The fourth-order valence-electron chi connectivity index (χ4n) is 2.14. The van der Waals surface area contributed by atoms with Gasteiger partial charge in [-0.15, -0.1) is 0 Å². The van der Waals surface area contributed by atoms with Crippen molar-refractivity contribution in [2.45, 2.75) is 12.8 Å². The predicted octanol–water partition coefficient (Wildman–Crippen LogP) is 0.721. The summed E-state index contributed by atoms with van der Waals surface area (Å²) in [5, 5.41) is 2.31. The topological polar surface area (TPSA) is 75.7 Å². The Morgan fingerprint density at radius 1 is 1.23 bits per heavy atom. The number of hydrogen-bond donors (Lipinski definition) is 1. The van der Waals surface area contributed by atoms with Gasteiger partial charge in [0.1, 0.15) is 12.4 Å². The van der Waals surface area contributed by atoms with E-state index in [0.29, 0.717) is 13.1 Å². The lowest BCUT2D eigenvalue weighted by Gasteiger charge is -2.14. The number of esters is 1. The summed E-state index contributed by atoms with van der Waals surface area (Å²) in [4.78, 5) is 36.5. The van der Waals surface area contributed by atoms with Crippen LogP contribution in [0.3, 0.4) is 0 Å². The summed E-state index contributed by atoms with van der Waals surface area (Å²) in [6.07, 6.45) is 1.92. The van der Waals surface area contributed by atoms with Crippen LogP contribution in [-0.4, -0.2) is 48.9 Å². The van der Waals surface area contributed by atoms with Crippen molar-refractivity contribution in [1.29, 1.82) is 0 Å². The van der Waals surface area contributed by atoms with Gasteiger partial charge in [-0.3, -0.25) is 14.4 Å². The maximum Gasteiger partial charge on any atom is 0.325 e. The van der Waals surface area contributed by atoms with E-state index in [1.165, 1.54) is 18.2 Å². The van der Waals surface area contributed by atoms with Crippen LogP contribution in [0.15, 0.2) is 24.3 Å². The average molecular weight is 308 g/mol. The summed E-state index contributed by atoms with van der Waals surface area (Å²) >= 11 is 0. The molecule has 1 saturated heterocycles. The molecule has 0 radical (unpaired) electrons. The van der Waals surface area contributed by atoms with Crippen LogP contribution in [-0.2, 0) is 14.3 Å². The molecule has 0 aromatic heterocycles. The van der Waals surface area contributed by atoms with Crippen LogP contribution in [0.2, 0.25) is 0 Å². The second kappa shape index (κ2) is 7.53. The molecule has 2 rings (SSSR count). The van der Waals surface area contributed by atoms with E-state index in [9.17, 15) is 18.8 Å². The van der Waals surface area contributed by atoms with E-state index in [1.807, 2.05) is 0 Å². The highest BCUT2D eigenvalue weighted by Gasteiger charge is 2.19. The lowest BCUT2D eigenvalue weighted by atomic mass is 10.2. The molecule has 1 N–H and O–H groups in total. The average Bonchev–Trinajstić information content (AvgIpc) is 3.04. The van der Waals surface area contributed by atoms with Crippen LogP contribution < -0.4 is 5.32 Å². The number of carbonyl (C=O) groups is 3. The molecule has 2 amide bonds. The fourth-order valence-corrected chi connectivity index (χ4v) is 2.14. The zero-order chi connectivity index (χ0) is 15.9. The van der Waals surface area contributed by atoms with Crippen LogP contribution in [0.1, 0.15) is 23.2 Å². The number of hydrogen-bond acceptors (Lipinski definition) is 4. The maximum absolute atomic E-state index is 13.0. The molecule has 118 valence electrons. The first-order valence-corrected chi connectivity index (χ1v) is 7.03. The van der Waals surface area contributed by atoms with Crippen LogP contribution in [0.4, 0.5) is 4.39 Å². The largest absolute Gasteiger partial charge is 0.454 e. The van der Waals surface area contributed by atoms with Crippen molar-refractivity contribution in [3.8, 4) is 0 Å². The Bertz CT molecular complexity index is 570. The first-order chi connectivity index (χ1) is 10.6. The molecule has 0 saturated carbocycles. The molecule has 0 bridgehead atoms. The van der Waals surface area contributed by atoms with Crippen molar-refractivity contribution in [2.24, 2.45) is 0 Å². The summed E-state index contributed by atoms with van der Waals surface area (Å²) in [5.74, 6) is -2.06. The molecule has 0 aliphatic carbocycles. The molecule has 1 fully saturated rings. The van der Waals surface area contributed by atoms with E-state index in [4.69, 9.17) is 4.74 Å². The van der Waals surface area contributed by atoms with Crippen molar-refractivity contribution < 1.29 is 23.5 Å². The Labute approximate surface area is 127 Å². The molecular weight excluding hydrogens is 291 g/mol. The minimum Gasteiger partial charge on any atom is -0.454 e. The lowest BCUT2D eigenvalue weighted by molar-refractivity contribution is -0.150. The number of rotatable bonds is 5. The summed E-state index contributed by atoms with van der Waals surface area (Å²) in [7, 11) is 0. The van der Waals surface area contributed by atoms with Crippen LogP contribution >= 0.6 is 0 Å². The van der Waals surface area contributed by atoms with Gasteiger partial charge in [0.25, 0.3) is 11.8 Å². The fraction of sp³-hybridized carbons (Fsp3) is 0.400. The van der Waals surface area contributed by atoms with E-state index < -0.39 is 17.7 Å². The predicted molar refractivity (Wildman–Crippen MR) is 75.5 cm³/mol. The summed E-state index contributed by atoms with van der Waals surface area (Å²) in [6, 6.07) is 5.12. The normalized spacial score (nSPS) is 13.8. The van der Waals surface area contributed by atoms with Gasteiger partial charge in [0.2, 0.25) is 0 Å². The summed E-state index contributed by atoms with van der Waals surface area (Å²) in [6.45, 7) is 0.677. The smallest absolute Gasteiger partial charge is 0.325 e. The van der Waals surface area contributed by atoms with Gasteiger partial charge in [-0.25, -0.2) is 4.39 Å². The minimum atomic E-state index is -0.711. The molecular formula is C15H17FN2O4. The molecule has 1 aliphatic heterocycles. The van der Waals surface area contributed by atoms with E-state index in [0.717, 1.165) is 18.9 Å². The molecule has 0 atom stereocenters. The molecule has 22 heavy (non-hydrogen) atoms. The minimum absolute atomic E-state index is 0.112. The third kappa shape index (κ3) is 4.54. The molecule has 7 heteroatoms. The molecule has 0 spiro atoms. The van der Waals surface area contributed by atoms with Gasteiger partial charge in [-0.05, 0) is 31.0 Å². The highest BCUT2D eigenvalue weighted by molar-refractivity contribution is 5.96. The van der Waals surface area contributed by atoms with Crippen LogP contribution in [0, 0.1) is 5.82 Å². The number of carbonyl (C=O) groups excluding carboxylic acids is 3. The molecule has 1 aromatic carbocycles. The maximum atomic E-state index is 13.0. The quantitative estimate of drug-likeness (QED) is 0.813. The van der Waals surface area contributed by atoms with Crippen molar-refractivity contribution in [2.75, 3.05) is 26.2 Å². The van der Waals surface area contributed by atoms with E-state index in [1.54, 1.807) is 4.90 Å². The van der Waals surface area contributed by atoms with Gasteiger partial charge in [-0.1, -0.05) is 6.07 Å². The highest BCUT2D eigenvalue weighted by atomic mass is 19.1. The van der Waals surface area contributed by atoms with Gasteiger partial charge in [0.15, 0.2) is 6.61 Å². The number of nitrogens with one attached hydrogen (secondary N) is 1. The van der Waals surface area contributed by atoms with E-state index >= 15 is 0 Å². The van der Waals surface area contributed by atoms with Gasteiger partial charge in [-0.2, -0.15) is 0 Å². The summed E-state index contributed by atoms with van der Waals surface area (Å²) in [5.41, 5.74) is 0.112. The zero-order valence-electron chi connectivity index (χ0n) is 12.0. The van der Waals surface area contributed by atoms with Gasteiger partial charge in [0, 0.05) is 18.7 Å². The molecule has 1 heterocycles. The second-order valence-corrected chi connectivity index (χ2v) is 4.94. The number of halogens is 1. The van der Waals surface area contributed by atoms with Crippen molar-refractivity contribution in [1.82, 2.24) is 10.2 Å². The Kier molecular flexibility index (Phi) is 5.46.